The van der Waals surface area contributed by atoms with Crippen molar-refractivity contribution in [3.8, 4) is 0 Å². The number of nitrogens with one attached hydrogen (secondary N) is 1. The SMILES string of the molecule is CCNC(=NCCC1=CCOCC1)N1CCN(C(=O)Cc2cccc(Cl)c2)CC1. The number of hydrogen-bond acceptors (Lipinski definition) is 3. The van der Waals surface area contributed by atoms with Crippen LogP contribution in [0.1, 0.15) is 25.3 Å². The topological polar surface area (TPSA) is 57.2 Å². The molecule has 1 aromatic carbocycles. The monoisotopic (exact) mass is 418 g/mol. The van der Waals surface area contributed by atoms with Crippen LogP contribution in [0, 0.1) is 0 Å². The van der Waals surface area contributed by atoms with Gasteiger partial charge in [-0.1, -0.05) is 35.4 Å². The van der Waals surface area contributed by atoms with Crippen LogP contribution in [-0.4, -0.2) is 74.1 Å². The van der Waals surface area contributed by atoms with E-state index in [9.17, 15) is 4.79 Å². The van der Waals surface area contributed by atoms with Gasteiger partial charge in [-0.2, -0.15) is 0 Å². The molecule has 0 unspecified atom stereocenters. The number of halogens is 1. The molecule has 1 amide bonds. The van der Waals surface area contributed by atoms with E-state index in [4.69, 9.17) is 21.3 Å². The van der Waals surface area contributed by atoms with Gasteiger partial charge in [0, 0.05) is 44.3 Å². The lowest BCUT2D eigenvalue weighted by Crippen LogP contribution is -2.54. The molecule has 29 heavy (non-hydrogen) atoms. The molecule has 0 saturated carbocycles. The highest BCUT2D eigenvalue weighted by molar-refractivity contribution is 6.30. The van der Waals surface area contributed by atoms with Crippen LogP contribution in [0.25, 0.3) is 0 Å². The lowest BCUT2D eigenvalue weighted by Gasteiger charge is -2.36. The van der Waals surface area contributed by atoms with Gasteiger partial charge in [-0.15, -0.1) is 0 Å². The Morgan fingerprint density at radius 2 is 2.03 bits per heavy atom. The Balaban J connectivity index is 1.49. The Morgan fingerprint density at radius 3 is 2.72 bits per heavy atom. The van der Waals surface area contributed by atoms with Crippen LogP contribution in [0.4, 0.5) is 0 Å². The number of aliphatic imine (C=N–C) groups is 1. The molecule has 1 fully saturated rings. The molecule has 7 heteroatoms. The number of carbonyl (C=O) groups is 1. The lowest BCUT2D eigenvalue weighted by molar-refractivity contribution is -0.131. The van der Waals surface area contributed by atoms with Crippen LogP contribution >= 0.6 is 11.6 Å². The largest absolute Gasteiger partial charge is 0.377 e. The quantitative estimate of drug-likeness (QED) is 0.438. The summed E-state index contributed by atoms with van der Waals surface area (Å²) >= 11 is 6.03. The fourth-order valence-corrected chi connectivity index (χ4v) is 3.84. The summed E-state index contributed by atoms with van der Waals surface area (Å²) < 4.78 is 5.36. The summed E-state index contributed by atoms with van der Waals surface area (Å²) in [6, 6.07) is 7.52. The first-order chi connectivity index (χ1) is 14.2. The molecular weight excluding hydrogens is 388 g/mol. The highest BCUT2D eigenvalue weighted by Gasteiger charge is 2.23. The van der Waals surface area contributed by atoms with E-state index in [1.54, 1.807) is 0 Å². The first kappa shape index (κ1) is 21.7. The molecule has 0 radical (unpaired) electrons. The van der Waals surface area contributed by atoms with E-state index in [0.29, 0.717) is 24.5 Å². The molecule has 2 aliphatic rings. The average molecular weight is 419 g/mol. The summed E-state index contributed by atoms with van der Waals surface area (Å²) in [5.41, 5.74) is 2.40. The van der Waals surface area contributed by atoms with E-state index >= 15 is 0 Å². The van der Waals surface area contributed by atoms with Crippen molar-refractivity contribution in [3.05, 3.63) is 46.5 Å². The van der Waals surface area contributed by atoms with Gasteiger partial charge in [0.15, 0.2) is 5.96 Å². The Morgan fingerprint density at radius 1 is 1.24 bits per heavy atom. The Kier molecular flexibility index (Phi) is 8.38. The molecule has 0 atom stereocenters. The molecule has 2 aliphatic heterocycles. The third kappa shape index (κ3) is 6.75. The number of nitrogens with zero attached hydrogens (tertiary/aromatic N) is 3. The Hall–Kier alpha value is -2.05. The van der Waals surface area contributed by atoms with Gasteiger partial charge >= 0.3 is 0 Å². The van der Waals surface area contributed by atoms with Crippen molar-refractivity contribution < 1.29 is 9.53 Å². The maximum absolute atomic E-state index is 12.6. The molecule has 0 spiro atoms. The fraction of sp³-hybridized carbons (Fsp3) is 0.545. The molecule has 0 aliphatic carbocycles. The van der Waals surface area contributed by atoms with E-state index in [1.165, 1.54) is 5.57 Å². The number of rotatable bonds is 6. The maximum Gasteiger partial charge on any atom is 0.227 e. The predicted octanol–water partition coefficient (Wildman–Crippen LogP) is 2.73. The molecule has 0 bridgehead atoms. The molecule has 158 valence electrons. The van der Waals surface area contributed by atoms with Gasteiger partial charge in [0.1, 0.15) is 0 Å². The van der Waals surface area contributed by atoms with Crippen LogP contribution in [0.5, 0.6) is 0 Å². The van der Waals surface area contributed by atoms with Gasteiger partial charge in [0.2, 0.25) is 5.91 Å². The number of benzene rings is 1. The van der Waals surface area contributed by atoms with Gasteiger partial charge in [-0.25, -0.2) is 0 Å². The van der Waals surface area contributed by atoms with Crippen molar-refractivity contribution in [2.45, 2.75) is 26.2 Å². The molecule has 6 nitrogen and oxygen atoms in total. The second-order valence-corrected chi connectivity index (χ2v) is 7.78. The summed E-state index contributed by atoms with van der Waals surface area (Å²) in [5, 5.41) is 4.06. The van der Waals surface area contributed by atoms with E-state index in [2.05, 4.69) is 23.2 Å². The molecule has 3 rings (SSSR count). The van der Waals surface area contributed by atoms with Crippen LogP contribution in [0.3, 0.4) is 0 Å². The number of ether oxygens (including phenoxy) is 1. The molecule has 1 aromatic rings. The molecule has 1 saturated heterocycles. The van der Waals surface area contributed by atoms with Gasteiger partial charge in [-0.05, 0) is 37.5 Å². The normalized spacial score (nSPS) is 17.9. The minimum atomic E-state index is 0.153. The number of carbonyl (C=O) groups excluding carboxylic acids is 1. The van der Waals surface area contributed by atoms with Crippen molar-refractivity contribution in [1.82, 2.24) is 15.1 Å². The summed E-state index contributed by atoms with van der Waals surface area (Å²) in [4.78, 5) is 21.6. The summed E-state index contributed by atoms with van der Waals surface area (Å²) in [5.74, 6) is 1.10. The number of amides is 1. The van der Waals surface area contributed by atoms with Crippen molar-refractivity contribution >= 4 is 23.5 Å². The minimum Gasteiger partial charge on any atom is -0.377 e. The van der Waals surface area contributed by atoms with E-state index in [-0.39, 0.29) is 5.91 Å². The molecular formula is C22H31ClN4O2. The van der Waals surface area contributed by atoms with Crippen molar-refractivity contribution in [2.24, 2.45) is 4.99 Å². The lowest BCUT2D eigenvalue weighted by atomic mass is 10.1. The summed E-state index contributed by atoms with van der Waals surface area (Å²) in [6.45, 7) is 8.27. The highest BCUT2D eigenvalue weighted by Crippen LogP contribution is 2.14. The zero-order valence-electron chi connectivity index (χ0n) is 17.2. The number of hydrogen-bond donors (Lipinski definition) is 1. The second-order valence-electron chi connectivity index (χ2n) is 7.35. The predicted molar refractivity (Wildman–Crippen MR) is 117 cm³/mol. The van der Waals surface area contributed by atoms with Crippen molar-refractivity contribution in [1.29, 1.82) is 0 Å². The second kappa shape index (κ2) is 11.2. The molecule has 2 heterocycles. The standard InChI is InChI=1S/C22H31ClN4O2/c1-2-24-22(25-9-6-18-7-14-29-15-8-18)27-12-10-26(11-13-27)21(28)17-19-4-3-5-20(23)16-19/h3-5,7,16H,2,6,8-15,17H2,1H3,(H,24,25). The van der Waals surface area contributed by atoms with Crippen LogP contribution in [0.2, 0.25) is 5.02 Å². The van der Waals surface area contributed by atoms with Gasteiger partial charge in [0.05, 0.1) is 19.6 Å². The van der Waals surface area contributed by atoms with Gasteiger partial charge in [0.25, 0.3) is 0 Å². The van der Waals surface area contributed by atoms with E-state index in [1.807, 2.05) is 29.2 Å². The molecule has 1 N–H and O–H groups in total. The van der Waals surface area contributed by atoms with Crippen LogP contribution < -0.4 is 5.32 Å². The zero-order chi connectivity index (χ0) is 20.5. The van der Waals surface area contributed by atoms with E-state index < -0.39 is 0 Å². The maximum atomic E-state index is 12.6. The summed E-state index contributed by atoms with van der Waals surface area (Å²) in [7, 11) is 0. The van der Waals surface area contributed by atoms with Crippen molar-refractivity contribution in [3.63, 3.8) is 0 Å². The third-order valence-electron chi connectivity index (χ3n) is 5.26. The molecule has 0 aromatic heterocycles. The average Bonchev–Trinajstić information content (AvgIpc) is 2.74. The summed E-state index contributed by atoms with van der Waals surface area (Å²) in [6.07, 6.45) is 4.57. The third-order valence-corrected chi connectivity index (χ3v) is 5.50. The fourth-order valence-electron chi connectivity index (χ4n) is 3.62. The smallest absolute Gasteiger partial charge is 0.227 e. The Bertz CT molecular complexity index is 742. The van der Waals surface area contributed by atoms with Gasteiger partial charge < -0.3 is 19.9 Å². The van der Waals surface area contributed by atoms with Crippen LogP contribution in [0.15, 0.2) is 40.9 Å². The minimum absolute atomic E-state index is 0.153. The number of piperazine rings is 1. The first-order valence-electron chi connectivity index (χ1n) is 10.5. The van der Waals surface area contributed by atoms with Gasteiger partial charge in [-0.3, -0.25) is 9.79 Å². The Labute approximate surface area is 178 Å². The zero-order valence-corrected chi connectivity index (χ0v) is 18.0. The van der Waals surface area contributed by atoms with Crippen LogP contribution in [-0.2, 0) is 16.0 Å². The van der Waals surface area contributed by atoms with E-state index in [0.717, 1.165) is 63.8 Å². The van der Waals surface area contributed by atoms with Crippen molar-refractivity contribution in [2.75, 3.05) is 52.5 Å². The first-order valence-corrected chi connectivity index (χ1v) is 10.8. The highest BCUT2D eigenvalue weighted by atomic mass is 35.5. The number of guanidine groups is 1.